The Bertz CT molecular complexity index is 1100. The topological polar surface area (TPSA) is 86.8 Å². The van der Waals surface area contributed by atoms with Gasteiger partial charge in [0, 0.05) is 17.1 Å². The highest BCUT2D eigenvalue weighted by molar-refractivity contribution is 7.92. The van der Waals surface area contributed by atoms with E-state index in [0.717, 1.165) is 22.7 Å². The molecule has 7 nitrogen and oxygen atoms in total. The Morgan fingerprint density at radius 1 is 1.12 bits per heavy atom. The SMILES string of the molecule is C[C@H](C(=O)NC(C)(C)C)N(Cc1cccc(Cl)c1)C(=O)CN(c1ccc(F)cc1)S(C)(=O)=O. The van der Waals surface area contributed by atoms with Crippen molar-refractivity contribution in [3.05, 3.63) is 64.9 Å². The van der Waals surface area contributed by atoms with E-state index >= 15 is 0 Å². The van der Waals surface area contributed by atoms with Gasteiger partial charge in [0.1, 0.15) is 18.4 Å². The molecule has 33 heavy (non-hydrogen) atoms. The van der Waals surface area contributed by atoms with Crippen LogP contribution in [-0.4, -0.2) is 49.5 Å². The molecule has 0 bridgehead atoms. The second-order valence-corrected chi connectivity index (χ2v) is 11.2. The number of anilines is 1. The number of nitrogens with zero attached hydrogens (tertiary/aromatic N) is 2. The molecule has 0 spiro atoms. The third kappa shape index (κ3) is 8.01. The number of carbonyl (C=O) groups is 2. The molecular formula is C23H29ClFN3O4S. The Labute approximate surface area is 199 Å². The third-order valence-corrected chi connectivity index (χ3v) is 6.08. The zero-order chi connectivity index (χ0) is 25.0. The van der Waals surface area contributed by atoms with Gasteiger partial charge in [-0.05, 0) is 69.7 Å². The van der Waals surface area contributed by atoms with Crippen molar-refractivity contribution < 1.29 is 22.4 Å². The minimum Gasteiger partial charge on any atom is -0.350 e. The first-order valence-corrected chi connectivity index (χ1v) is 12.5. The summed E-state index contributed by atoms with van der Waals surface area (Å²) in [5.74, 6) is -1.51. The van der Waals surface area contributed by atoms with Crippen LogP contribution in [0.1, 0.15) is 33.3 Å². The summed E-state index contributed by atoms with van der Waals surface area (Å²) in [7, 11) is -3.87. The minimum absolute atomic E-state index is 0.0408. The fourth-order valence-electron chi connectivity index (χ4n) is 3.11. The summed E-state index contributed by atoms with van der Waals surface area (Å²) in [5, 5.41) is 3.31. The van der Waals surface area contributed by atoms with Gasteiger partial charge in [-0.1, -0.05) is 23.7 Å². The Kier molecular flexibility index (Phi) is 8.48. The van der Waals surface area contributed by atoms with Crippen molar-refractivity contribution in [3.63, 3.8) is 0 Å². The normalized spacial score (nSPS) is 12.7. The van der Waals surface area contributed by atoms with Gasteiger partial charge in [0.15, 0.2) is 0 Å². The fraction of sp³-hybridized carbons (Fsp3) is 0.391. The Morgan fingerprint density at radius 2 is 1.73 bits per heavy atom. The molecule has 2 aromatic rings. The summed E-state index contributed by atoms with van der Waals surface area (Å²) in [6, 6.07) is 10.7. The summed E-state index contributed by atoms with van der Waals surface area (Å²) in [4.78, 5) is 27.5. The molecule has 0 saturated carbocycles. The van der Waals surface area contributed by atoms with Crippen molar-refractivity contribution in [3.8, 4) is 0 Å². The number of rotatable bonds is 8. The van der Waals surface area contributed by atoms with Gasteiger partial charge in [-0.25, -0.2) is 12.8 Å². The van der Waals surface area contributed by atoms with Gasteiger partial charge in [0.05, 0.1) is 11.9 Å². The predicted molar refractivity (Wildman–Crippen MR) is 128 cm³/mol. The fourth-order valence-corrected chi connectivity index (χ4v) is 4.17. The molecule has 0 unspecified atom stereocenters. The molecule has 0 fully saturated rings. The molecule has 2 aromatic carbocycles. The average molecular weight is 498 g/mol. The third-order valence-electron chi connectivity index (χ3n) is 4.70. The van der Waals surface area contributed by atoms with Crippen molar-refractivity contribution in [2.24, 2.45) is 0 Å². The molecule has 10 heteroatoms. The largest absolute Gasteiger partial charge is 0.350 e. The smallest absolute Gasteiger partial charge is 0.244 e. The summed E-state index contributed by atoms with van der Waals surface area (Å²) < 4.78 is 39.1. The first kappa shape index (κ1) is 26.6. The van der Waals surface area contributed by atoms with Crippen LogP contribution in [0.5, 0.6) is 0 Å². The molecule has 0 radical (unpaired) electrons. The second kappa shape index (κ2) is 10.5. The summed E-state index contributed by atoms with van der Waals surface area (Å²) >= 11 is 6.07. The molecule has 1 N–H and O–H groups in total. The lowest BCUT2D eigenvalue weighted by Gasteiger charge is -2.33. The van der Waals surface area contributed by atoms with Gasteiger partial charge in [-0.3, -0.25) is 13.9 Å². The van der Waals surface area contributed by atoms with Crippen LogP contribution in [0.3, 0.4) is 0 Å². The molecular weight excluding hydrogens is 469 g/mol. The van der Waals surface area contributed by atoms with E-state index in [-0.39, 0.29) is 18.1 Å². The maximum Gasteiger partial charge on any atom is 0.244 e. The van der Waals surface area contributed by atoms with Crippen LogP contribution in [0.25, 0.3) is 0 Å². The van der Waals surface area contributed by atoms with Crippen molar-refractivity contribution in [2.45, 2.75) is 45.8 Å². The van der Waals surface area contributed by atoms with E-state index in [4.69, 9.17) is 11.6 Å². The van der Waals surface area contributed by atoms with E-state index in [9.17, 15) is 22.4 Å². The highest BCUT2D eigenvalue weighted by Crippen LogP contribution is 2.20. The van der Waals surface area contributed by atoms with Crippen LogP contribution in [0, 0.1) is 5.82 Å². The number of nitrogens with one attached hydrogen (secondary N) is 1. The Morgan fingerprint density at radius 3 is 2.24 bits per heavy atom. The minimum atomic E-state index is -3.87. The van der Waals surface area contributed by atoms with Crippen LogP contribution in [0.2, 0.25) is 5.02 Å². The maximum absolute atomic E-state index is 13.4. The molecule has 0 aliphatic rings. The van der Waals surface area contributed by atoms with Crippen LogP contribution in [-0.2, 0) is 26.2 Å². The van der Waals surface area contributed by atoms with Gasteiger partial charge >= 0.3 is 0 Å². The maximum atomic E-state index is 13.4. The number of carbonyl (C=O) groups excluding carboxylic acids is 2. The van der Waals surface area contributed by atoms with Crippen molar-refractivity contribution in [2.75, 3.05) is 17.1 Å². The highest BCUT2D eigenvalue weighted by atomic mass is 35.5. The average Bonchev–Trinajstić information content (AvgIpc) is 2.68. The summed E-state index contributed by atoms with van der Waals surface area (Å²) in [6.45, 7) is 6.52. The number of hydrogen-bond donors (Lipinski definition) is 1. The van der Waals surface area contributed by atoms with Crippen molar-refractivity contribution in [1.82, 2.24) is 10.2 Å². The van der Waals surface area contributed by atoms with Crippen LogP contribution in [0.4, 0.5) is 10.1 Å². The van der Waals surface area contributed by atoms with Gasteiger partial charge < -0.3 is 10.2 Å². The van der Waals surface area contributed by atoms with Crippen molar-refractivity contribution in [1.29, 1.82) is 0 Å². The van der Waals surface area contributed by atoms with Crippen LogP contribution >= 0.6 is 11.6 Å². The van der Waals surface area contributed by atoms with Gasteiger partial charge in [-0.15, -0.1) is 0 Å². The van der Waals surface area contributed by atoms with E-state index in [1.807, 2.05) is 20.8 Å². The summed E-state index contributed by atoms with van der Waals surface area (Å²) in [5.41, 5.74) is 0.295. The zero-order valence-electron chi connectivity index (χ0n) is 19.3. The monoisotopic (exact) mass is 497 g/mol. The standard InChI is InChI=1S/C23H29ClFN3O4S/c1-16(22(30)26-23(2,3)4)27(14-17-7-6-8-18(24)13-17)21(29)15-28(33(5,31)32)20-11-9-19(25)10-12-20/h6-13,16H,14-15H2,1-5H3,(H,26,30)/t16-/m1/s1. The predicted octanol–water partition coefficient (Wildman–Crippen LogP) is 3.58. The van der Waals surface area contributed by atoms with E-state index in [0.29, 0.717) is 10.6 Å². The first-order chi connectivity index (χ1) is 15.2. The number of benzene rings is 2. The van der Waals surface area contributed by atoms with E-state index in [1.54, 1.807) is 31.2 Å². The Hall–Kier alpha value is -2.65. The molecule has 0 aliphatic carbocycles. The lowest BCUT2D eigenvalue weighted by atomic mass is 10.1. The van der Waals surface area contributed by atoms with E-state index in [1.165, 1.54) is 17.0 Å². The molecule has 1 atom stereocenters. The second-order valence-electron chi connectivity index (χ2n) is 8.81. The number of hydrogen-bond acceptors (Lipinski definition) is 4. The first-order valence-electron chi connectivity index (χ1n) is 10.3. The molecule has 0 heterocycles. The number of amides is 2. The molecule has 2 rings (SSSR count). The van der Waals surface area contributed by atoms with E-state index in [2.05, 4.69) is 5.32 Å². The number of sulfonamides is 1. The zero-order valence-corrected chi connectivity index (χ0v) is 20.9. The van der Waals surface area contributed by atoms with Gasteiger partial charge in [0.2, 0.25) is 21.8 Å². The van der Waals surface area contributed by atoms with Gasteiger partial charge in [0.25, 0.3) is 0 Å². The van der Waals surface area contributed by atoms with Crippen LogP contribution < -0.4 is 9.62 Å². The van der Waals surface area contributed by atoms with Crippen LogP contribution in [0.15, 0.2) is 48.5 Å². The number of halogens is 2. The molecule has 0 aromatic heterocycles. The quantitative estimate of drug-likeness (QED) is 0.604. The lowest BCUT2D eigenvalue weighted by molar-refractivity contribution is -0.140. The van der Waals surface area contributed by atoms with Gasteiger partial charge in [-0.2, -0.15) is 0 Å². The molecule has 0 aliphatic heterocycles. The highest BCUT2D eigenvalue weighted by Gasteiger charge is 2.31. The Balaban J connectivity index is 2.39. The molecule has 180 valence electrons. The summed E-state index contributed by atoms with van der Waals surface area (Å²) in [6.07, 6.45) is 0.959. The molecule has 2 amide bonds. The molecule has 0 saturated heterocycles. The van der Waals surface area contributed by atoms with Crippen molar-refractivity contribution >= 4 is 39.1 Å². The lowest BCUT2D eigenvalue weighted by Crippen LogP contribution is -2.54. The van der Waals surface area contributed by atoms with E-state index < -0.39 is 39.9 Å².